The fourth-order valence-corrected chi connectivity index (χ4v) is 2.50. The molecule has 0 heterocycles. The van der Waals surface area contributed by atoms with Crippen molar-refractivity contribution >= 4 is 17.3 Å². The van der Waals surface area contributed by atoms with Crippen LogP contribution in [0.1, 0.15) is 36.7 Å². The molecule has 0 spiro atoms. The molecule has 130 valence electrons. The second kappa shape index (κ2) is 8.32. The summed E-state index contributed by atoms with van der Waals surface area (Å²) in [6, 6.07) is 16.4. The summed E-state index contributed by atoms with van der Waals surface area (Å²) in [6.07, 6.45) is -0.577. The number of anilines is 2. The first kappa shape index (κ1) is 18.5. The number of aliphatic hydroxyl groups excluding tert-OH is 1. The summed E-state index contributed by atoms with van der Waals surface area (Å²) in [7, 11) is 0. The highest BCUT2D eigenvalue weighted by Gasteiger charge is 2.20. The van der Waals surface area contributed by atoms with Gasteiger partial charge in [-0.15, -0.1) is 0 Å². The van der Waals surface area contributed by atoms with Crippen molar-refractivity contribution in [1.29, 1.82) is 5.26 Å². The number of carbonyl (C=O) groups is 1. The molecule has 0 aliphatic heterocycles. The molecule has 0 radical (unpaired) electrons. The number of amides is 1. The van der Waals surface area contributed by atoms with Crippen molar-refractivity contribution in [2.75, 3.05) is 11.9 Å². The number of aliphatic hydroxyl groups is 1. The van der Waals surface area contributed by atoms with E-state index in [0.717, 1.165) is 11.4 Å². The van der Waals surface area contributed by atoms with Crippen LogP contribution in [0.3, 0.4) is 0 Å². The van der Waals surface area contributed by atoms with Crippen LogP contribution in [-0.4, -0.2) is 34.6 Å². The third kappa shape index (κ3) is 5.07. The molecule has 0 bridgehead atoms. The lowest BCUT2D eigenvalue weighted by Crippen LogP contribution is -2.41. The Bertz CT molecular complexity index is 761. The normalized spacial score (nSPS) is 11.7. The molecule has 5 nitrogen and oxygen atoms in total. The van der Waals surface area contributed by atoms with E-state index in [1.807, 2.05) is 38.1 Å². The maximum absolute atomic E-state index is 12.8. The summed E-state index contributed by atoms with van der Waals surface area (Å²) in [5.74, 6) is -0.112. The standard InChI is InChI=1S/C20H23N3O2/c1-14(2)23(13-15(3)24)20(25)17-5-4-6-19(11-17)22-18-9-7-16(12-21)8-10-18/h4-11,14-15,22,24H,13H2,1-3H3. The highest BCUT2D eigenvalue weighted by atomic mass is 16.3. The quantitative estimate of drug-likeness (QED) is 0.845. The van der Waals surface area contributed by atoms with Gasteiger partial charge in [0.15, 0.2) is 0 Å². The molecule has 0 saturated heterocycles. The highest BCUT2D eigenvalue weighted by Crippen LogP contribution is 2.20. The van der Waals surface area contributed by atoms with E-state index in [2.05, 4.69) is 11.4 Å². The lowest BCUT2D eigenvalue weighted by molar-refractivity contribution is 0.0579. The zero-order valence-electron chi connectivity index (χ0n) is 14.7. The number of hydrogen-bond acceptors (Lipinski definition) is 4. The Kier molecular flexibility index (Phi) is 6.15. The molecular formula is C20H23N3O2. The Balaban J connectivity index is 2.19. The monoisotopic (exact) mass is 337 g/mol. The number of rotatable bonds is 6. The van der Waals surface area contributed by atoms with Gasteiger partial charge in [-0.25, -0.2) is 0 Å². The number of nitrogens with one attached hydrogen (secondary N) is 1. The number of nitrogens with zero attached hydrogens (tertiary/aromatic N) is 2. The van der Waals surface area contributed by atoms with Gasteiger partial charge in [0.1, 0.15) is 0 Å². The summed E-state index contributed by atoms with van der Waals surface area (Å²) < 4.78 is 0. The summed E-state index contributed by atoms with van der Waals surface area (Å²) >= 11 is 0. The number of nitriles is 1. The van der Waals surface area contributed by atoms with E-state index >= 15 is 0 Å². The highest BCUT2D eigenvalue weighted by molar-refractivity contribution is 5.95. The molecule has 5 heteroatoms. The fourth-order valence-electron chi connectivity index (χ4n) is 2.50. The second-order valence-corrected chi connectivity index (χ2v) is 6.30. The Hall–Kier alpha value is -2.84. The van der Waals surface area contributed by atoms with Gasteiger partial charge in [0, 0.05) is 29.5 Å². The van der Waals surface area contributed by atoms with Crippen molar-refractivity contribution in [3.63, 3.8) is 0 Å². The molecule has 0 aromatic heterocycles. The Morgan fingerprint density at radius 1 is 1.16 bits per heavy atom. The third-order valence-corrected chi connectivity index (χ3v) is 3.76. The zero-order chi connectivity index (χ0) is 18.4. The van der Waals surface area contributed by atoms with E-state index in [-0.39, 0.29) is 11.9 Å². The maximum Gasteiger partial charge on any atom is 0.254 e. The van der Waals surface area contributed by atoms with Gasteiger partial charge >= 0.3 is 0 Å². The molecule has 1 unspecified atom stereocenters. The van der Waals surface area contributed by atoms with Crippen LogP contribution in [0.2, 0.25) is 0 Å². The molecule has 0 saturated carbocycles. The molecule has 1 atom stereocenters. The van der Waals surface area contributed by atoms with Crippen LogP contribution in [0.25, 0.3) is 0 Å². The molecule has 0 fully saturated rings. The summed E-state index contributed by atoms with van der Waals surface area (Å²) in [6.45, 7) is 5.83. The topological polar surface area (TPSA) is 76.4 Å². The van der Waals surface area contributed by atoms with Crippen molar-refractivity contribution < 1.29 is 9.90 Å². The predicted molar refractivity (Wildman–Crippen MR) is 98.7 cm³/mol. The summed E-state index contributed by atoms with van der Waals surface area (Å²) in [4.78, 5) is 14.4. The van der Waals surface area contributed by atoms with Gasteiger partial charge in [-0.1, -0.05) is 6.07 Å². The molecule has 2 N–H and O–H groups in total. The van der Waals surface area contributed by atoms with Crippen LogP contribution in [0, 0.1) is 11.3 Å². The maximum atomic E-state index is 12.8. The first-order chi connectivity index (χ1) is 11.9. The minimum Gasteiger partial charge on any atom is -0.392 e. The second-order valence-electron chi connectivity index (χ2n) is 6.30. The van der Waals surface area contributed by atoms with Crippen molar-refractivity contribution in [1.82, 2.24) is 4.90 Å². The summed E-state index contributed by atoms with van der Waals surface area (Å²) in [5, 5.41) is 21.7. The van der Waals surface area contributed by atoms with Gasteiger partial charge in [0.25, 0.3) is 5.91 Å². The molecule has 0 aliphatic rings. The van der Waals surface area contributed by atoms with Crippen molar-refractivity contribution in [3.8, 4) is 6.07 Å². The first-order valence-corrected chi connectivity index (χ1v) is 8.27. The minimum atomic E-state index is -0.577. The molecular weight excluding hydrogens is 314 g/mol. The van der Waals surface area contributed by atoms with Crippen molar-refractivity contribution in [3.05, 3.63) is 59.7 Å². The molecule has 1 amide bonds. The van der Waals surface area contributed by atoms with Crippen molar-refractivity contribution in [2.24, 2.45) is 0 Å². The van der Waals surface area contributed by atoms with Gasteiger partial charge in [-0.05, 0) is 63.2 Å². The third-order valence-electron chi connectivity index (χ3n) is 3.76. The van der Waals surface area contributed by atoms with Gasteiger partial charge in [-0.3, -0.25) is 4.79 Å². The van der Waals surface area contributed by atoms with E-state index in [1.54, 1.807) is 36.1 Å². The Morgan fingerprint density at radius 3 is 2.40 bits per heavy atom. The van der Waals surface area contributed by atoms with E-state index in [1.165, 1.54) is 0 Å². The lowest BCUT2D eigenvalue weighted by Gasteiger charge is -2.28. The first-order valence-electron chi connectivity index (χ1n) is 8.27. The molecule has 2 aromatic carbocycles. The van der Waals surface area contributed by atoms with Crippen LogP contribution >= 0.6 is 0 Å². The number of benzene rings is 2. The Labute approximate surface area is 148 Å². The fraction of sp³-hybridized carbons (Fsp3) is 0.300. The average molecular weight is 337 g/mol. The smallest absolute Gasteiger partial charge is 0.254 e. The van der Waals surface area contributed by atoms with Crippen molar-refractivity contribution in [2.45, 2.75) is 32.9 Å². The molecule has 25 heavy (non-hydrogen) atoms. The van der Waals surface area contributed by atoms with E-state index in [4.69, 9.17) is 5.26 Å². The SMILES string of the molecule is CC(O)CN(C(=O)c1cccc(Nc2ccc(C#N)cc2)c1)C(C)C. The van der Waals surface area contributed by atoms with Crippen LogP contribution in [-0.2, 0) is 0 Å². The van der Waals surface area contributed by atoms with Crippen LogP contribution in [0.5, 0.6) is 0 Å². The average Bonchev–Trinajstić information content (AvgIpc) is 2.59. The molecule has 2 aromatic rings. The van der Waals surface area contributed by atoms with E-state index in [0.29, 0.717) is 17.7 Å². The van der Waals surface area contributed by atoms with Crippen LogP contribution in [0.15, 0.2) is 48.5 Å². The number of carbonyl (C=O) groups excluding carboxylic acids is 1. The Morgan fingerprint density at radius 2 is 1.84 bits per heavy atom. The molecule has 0 aliphatic carbocycles. The van der Waals surface area contributed by atoms with Gasteiger partial charge in [-0.2, -0.15) is 5.26 Å². The van der Waals surface area contributed by atoms with Gasteiger partial charge < -0.3 is 15.3 Å². The van der Waals surface area contributed by atoms with Gasteiger partial charge in [0.05, 0.1) is 17.7 Å². The largest absolute Gasteiger partial charge is 0.392 e. The van der Waals surface area contributed by atoms with Gasteiger partial charge in [0.2, 0.25) is 0 Å². The minimum absolute atomic E-state index is 0.00255. The van der Waals surface area contributed by atoms with E-state index < -0.39 is 6.10 Å². The lowest BCUT2D eigenvalue weighted by atomic mass is 10.1. The zero-order valence-corrected chi connectivity index (χ0v) is 14.7. The van der Waals surface area contributed by atoms with E-state index in [9.17, 15) is 9.90 Å². The van der Waals surface area contributed by atoms with Crippen LogP contribution in [0.4, 0.5) is 11.4 Å². The predicted octanol–water partition coefficient (Wildman–Crippen LogP) is 3.53. The summed E-state index contributed by atoms with van der Waals surface area (Å²) in [5.41, 5.74) is 2.79. The molecule has 2 rings (SSSR count). The number of hydrogen-bond donors (Lipinski definition) is 2. The van der Waals surface area contributed by atoms with Crippen LogP contribution < -0.4 is 5.32 Å².